The van der Waals surface area contributed by atoms with Gasteiger partial charge < -0.3 is 0 Å². The number of benzene rings is 2. The van der Waals surface area contributed by atoms with Gasteiger partial charge in [0.05, 0.1) is 4.90 Å². The molecule has 122 valence electrons. The maximum absolute atomic E-state index is 13.4. The fraction of sp³-hybridized carbons (Fsp3) is 0.200. The summed E-state index contributed by atoms with van der Waals surface area (Å²) in [6.07, 6.45) is 0.476. The van der Waals surface area contributed by atoms with Crippen LogP contribution < -0.4 is 4.72 Å². The molecule has 2 aromatic rings. The average molecular weight is 359 g/mol. The summed E-state index contributed by atoms with van der Waals surface area (Å²) in [5, 5.41) is 0. The van der Waals surface area contributed by atoms with Crippen LogP contribution in [-0.2, 0) is 10.0 Å². The Bertz CT molecular complexity index is 856. The van der Waals surface area contributed by atoms with E-state index in [9.17, 15) is 21.6 Å². The normalized spacial score (nSPS) is 17.8. The smallest absolute Gasteiger partial charge is 0.207 e. The molecule has 1 aliphatic heterocycles. The van der Waals surface area contributed by atoms with E-state index in [4.69, 9.17) is 0 Å². The second kappa shape index (κ2) is 6.18. The summed E-state index contributed by atoms with van der Waals surface area (Å²) in [4.78, 5) is 0.434. The van der Waals surface area contributed by atoms with Crippen LogP contribution in [0.25, 0.3) is 0 Å². The second-order valence-corrected chi connectivity index (χ2v) is 7.92. The highest BCUT2D eigenvalue weighted by Crippen LogP contribution is 2.37. The van der Waals surface area contributed by atoms with E-state index in [-0.39, 0.29) is 4.90 Å². The number of sulfonamides is 1. The van der Waals surface area contributed by atoms with Gasteiger partial charge in [0.2, 0.25) is 10.0 Å². The molecule has 23 heavy (non-hydrogen) atoms. The Morgan fingerprint density at radius 1 is 1.04 bits per heavy atom. The van der Waals surface area contributed by atoms with Crippen molar-refractivity contribution in [2.75, 3.05) is 5.75 Å². The van der Waals surface area contributed by atoms with Gasteiger partial charge in [-0.1, -0.05) is 0 Å². The van der Waals surface area contributed by atoms with E-state index in [1.807, 2.05) is 0 Å². The lowest BCUT2D eigenvalue weighted by Crippen LogP contribution is -2.31. The minimum absolute atomic E-state index is 0.368. The molecule has 1 unspecified atom stereocenters. The van der Waals surface area contributed by atoms with Crippen LogP contribution >= 0.6 is 11.8 Å². The number of halogens is 3. The molecule has 3 nitrogen and oxygen atoms in total. The van der Waals surface area contributed by atoms with E-state index in [1.54, 1.807) is 6.07 Å². The Morgan fingerprint density at radius 2 is 1.83 bits per heavy atom. The fourth-order valence-corrected chi connectivity index (χ4v) is 4.75. The van der Waals surface area contributed by atoms with E-state index in [0.29, 0.717) is 23.8 Å². The zero-order valence-corrected chi connectivity index (χ0v) is 13.4. The van der Waals surface area contributed by atoms with Crippen molar-refractivity contribution in [3.63, 3.8) is 0 Å². The van der Waals surface area contributed by atoms with Crippen LogP contribution in [0.4, 0.5) is 13.2 Å². The summed E-state index contributed by atoms with van der Waals surface area (Å²) in [7, 11) is -4.04. The van der Waals surface area contributed by atoms with E-state index >= 15 is 0 Å². The third-order valence-electron chi connectivity index (χ3n) is 3.51. The summed E-state index contributed by atoms with van der Waals surface area (Å²) in [6.45, 7) is 0. The summed E-state index contributed by atoms with van der Waals surface area (Å²) in [5.74, 6) is -2.14. The van der Waals surface area contributed by atoms with Crippen molar-refractivity contribution >= 4 is 21.8 Å². The molecule has 0 spiro atoms. The van der Waals surface area contributed by atoms with Crippen molar-refractivity contribution < 1.29 is 21.6 Å². The van der Waals surface area contributed by atoms with Gasteiger partial charge in [0.25, 0.3) is 0 Å². The first-order chi connectivity index (χ1) is 10.9. The number of rotatable bonds is 3. The molecule has 0 aromatic heterocycles. The van der Waals surface area contributed by atoms with Crippen LogP contribution in [0, 0.1) is 17.5 Å². The monoisotopic (exact) mass is 359 g/mol. The lowest BCUT2D eigenvalue weighted by Gasteiger charge is -2.25. The first kappa shape index (κ1) is 16.4. The molecule has 1 N–H and O–H groups in total. The van der Waals surface area contributed by atoms with Gasteiger partial charge in [-0.3, -0.25) is 0 Å². The Labute approximate surface area is 136 Å². The molecule has 1 heterocycles. The molecule has 2 aromatic carbocycles. The highest BCUT2D eigenvalue weighted by molar-refractivity contribution is 7.99. The SMILES string of the molecule is O=S(=O)(NC1CCSc2ccc(F)cc21)c1ccc(F)c(F)c1. The van der Waals surface area contributed by atoms with Gasteiger partial charge in [-0.15, -0.1) is 11.8 Å². The third kappa shape index (κ3) is 3.39. The highest BCUT2D eigenvalue weighted by Gasteiger charge is 2.27. The van der Waals surface area contributed by atoms with E-state index < -0.39 is 33.5 Å². The number of hydrogen-bond donors (Lipinski definition) is 1. The Hall–Kier alpha value is -1.51. The maximum Gasteiger partial charge on any atom is 0.241 e. The summed E-state index contributed by atoms with van der Waals surface area (Å²) in [6, 6.07) is 5.98. The third-order valence-corrected chi connectivity index (χ3v) is 6.10. The van der Waals surface area contributed by atoms with Crippen LogP contribution in [0.2, 0.25) is 0 Å². The lowest BCUT2D eigenvalue weighted by molar-refractivity contribution is 0.502. The van der Waals surface area contributed by atoms with E-state index in [1.165, 1.54) is 23.9 Å². The molecule has 3 rings (SSSR count). The topological polar surface area (TPSA) is 46.2 Å². The van der Waals surface area contributed by atoms with Crippen molar-refractivity contribution in [2.45, 2.75) is 22.3 Å². The van der Waals surface area contributed by atoms with Crippen molar-refractivity contribution in [1.29, 1.82) is 0 Å². The van der Waals surface area contributed by atoms with Crippen LogP contribution in [0.1, 0.15) is 18.0 Å². The first-order valence-corrected chi connectivity index (χ1v) is 9.23. The molecular formula is C15H12F3NO2S2. The molecule has 0 fully saturated rings. The lowest BCUT2D eigenvalue weighted by atomic mass is 10.0. The highest BCUT2D eigenvalue weighted by atomic mass is 32.2. The molecular weight excluding hydrogens is 347 g/mol. The van der Waals surface area contributed by atoms with E-state index in [2.05, 4.69) is 4.72 Å². The molecule has 0 radical (unpaired) electrons. The summed E-state index contributed by atoms with van der Waals surface area (Å²) < 4.78 is 66.8. The minimum atomic E-state index is -4.04. The van der Waals surface area contributed by atoms with Gasteiger partial charge in [0.15, 0.2) is 11.6 Å². The average Bonchev–Trinajstić information content (AvgIpc) is 2.50. The van der Waals surface area contributed by atoms with E-state index in [0.717, 1.165) is 17.0 Å². The molecule has 0 saturated carbocycles. The quantitative estimate of drug-likeness (QED) is 0.911. The van der Waals surface area contributed by atoms with Gasteiger partial charge in [-0.05, 0) is 54.1 Å². The molecule has 0 aliphatic carbocycles. The Balaban J connectivity index is 1.93. The number of hydrogen-bond acceptors (Lipinski definition) is 3. The molecule has 8 heteroatoms. The summed E-state index contributed by atoms with van der Waals surface area (Å²) in [5.41, 5.74) is 0.549. The molecule has 0 amide bonds. The standard InChI is InChI=1S/C15H12F3NO2S2/c16-9-1-4-15-11(7-9)14(5-6-22-15)19-23(20,21)10-2-3-12(17)13(18)8-10/h1-4,7-8,14,19H,5-6H2. The predicted octanol–water partition coefficient (Wildman–Crippen LogP) is 3.62. The van der Waals surface area contributed by atoms with Crippen molar-refractivity contribution in [3.8, 4) is 0 Å². The van der Waals surface area contributed by atoms with Gasteiger partial charge in [-0.25, -0.2) is 26.3 Å². The largest absolute Gasteiger partial charge is 0.241 e. The Morgan fingerprint density at radius 3 is 2.57 bits per heavy atom. The summed E-state index contributed by atoms with van der Waals surface area (Å²) >= 11 is 1.52. The van der Waals surface area contributed by atoms with Crippen LogP contribution in [-0.4, -0.2) is 14.2 Å². The van der Waals surface area contributed by atoms with Gasteiger partial charge in [-0.2, -0.15) is 0 Å². The van der Waals surface area contributed by atoms with Crippen molar-refractivity contribution in [3.05, 3.63) is 59.4 Å². The second-order valence-electron chi connectivity index (χ2n) is 5.07. The number of fused-ring (bicyclic) bond motifs is 1. The number of nitrogens with one attached hydrogen (secondary N) is 1. The van der Waals surface area contributed by atoms with Gasteiger partial charge in [0, 0.05) is 10.9 Å². The maximum atomic E-state index is 13.4. The first-order valence-electron chi connectivity index (χ1n) is 6.76. The van der Waals surface area contributed by atoms with Crippen LogP contribution in [0.3, 0.4) is 0 Å². The van der Waals surface area contributed by atoms with Crippen LogP contribution in [0.5, 0.6) is 0 Å². The molecule has 0 bridgehead atoms. The van der Waals surface area contributed by atoms with Gasteiger partial charge in [0.1, 0.15) is 5.82 Å². The predicted molar refractivity (Wildman–Crippen MR) is 81.2 cm³/mol. The number of thioether (sulfide) groups is 1. The van der Waals surface area contributed by atoms with Crippen molar-refractivity contribution in [2.24, 2.45) is 0 Å². The fourth-order valence-electron chi connectivity index (χ4n) is 2.39. The zero-order chi connectivity index (χ0) is 16.6. The van der Waals surface area contributed by atoms with Crippen LogP contribution in [0.15, 0.2) is 46.2 Å². The molecule has 1 aliphatic rings. The van der Waals surface area contributed by atoms with Crippen molar-refractivity contribution in [1.82, 2.24) is 4.72 Å². The van der Waals surface area contributed by atoms with Gasteiger partial charge >= 0.3 is 0 Å². The zero-order valence-electron chi connectivity index (χ0n) is 11.7. The minimum Gasteiger partial charge on any atom is -0.207 e. The molecule has 0 saturated heterocycles. The molecule has 1 atom stereocenters. The Kier molecular flexibility index (Phi) is 4.39.